The van der Waals surface area contributed by atoms with Gasteiger partial charge in [-0.25, -0.2) is 0 Å². The molecule has 0 saturated carbocycles. The van der Waals surface area contributed by atoms with Gasteiger partial charge in [0.25, 0.3) is 0 Å². The molecule has 0 spiro atoms. The number of carbonyl (C=O) groups is 1. The van der Waals surface area contributed by atoms with Crippen molar-refractivity contribution in [2.75, 3.05) is 0 Å². The minimum Gasteiger partial charge on any atom is -0.462 e. The van der Waals surface area contributed by atoms with Gasteiger partial charge in [0, 0.05) is 6.42 Å². The standard InChI is InChI=1S/C9H17O2/c1-4-7-8(5-2)11-9(10)6-3/h8H,1,4-7H2,2-3H3. The second-order valence-electron chi connectivity index (χ2n) is 2.52. The van der Waals surface area contributed by atoms with Gasteiger partial charge in [-0.3, -0.25) is 4.79 Å². The summed E-state index contributed by atoms with van der Waals surface area (Å²) in [7, 11) is 0. The minimum absolute atomic E-state index is 0.0833. The molecule has 0 aliphatic rings. The zero-order valence-electron chi connectivity index (χ0n) is 7.43. The van der Waals surface area contributed by atoms with E-state index in [0.29, 0.717) is 6.42 Å². The Kier molecular flexibility index (Phi) is 5.90. The van der Waals surface area contributed by atoms with Crippen molar-refractivity contribution >= 4 is 5.97 Å². The van der Waals surface area contributed by atoms with E-state index >= 15 is 0 Å². The average Bonchev–Trinajstić information content (AvgIpc) is 2.03. The number of ether oxygens (including phenoxy) is 1. The van der Waals surface area contributed by atoms with Crippen molar-refractivity contribution in [3.05, 3.63) is 6.92 Å². The molecule has 0 aromatic heterocycles. The van der Waals surface area contributed by atoms with Gasteiger partial charge < -0.3 is 4.74 Å². The molecule has 2 heteroatoms. The zero-order valence-corrected chi connectivity index (χ0v) is 7.43. The highest BCUT2D eigenvalue weighted by Crippen LogP contribution is 2.06. The third kappa shape index (κ3) is 4.82. The lowest BCUT2D eigenvalue weighted by molar-refractivity contribution is -0.149. The summed E-state index contributed by atoms with van der Waals surface area (Å²) >= 11 is 0. The van der Waals surface area contributed by atoms with E-state index in [1.54, 1.807) is 6.92 Å². The van der Waals surface area contributed by atoms with Crippen LogP contribution < -0.4 is 0 Å². The molecule has 2 nitrogen and oxygen atoms in total. The smallest absolute Gasteiger partial charge is 0.305 e. The van der Waals surface area contributed by atoms with E-state index < -0.39 is 0 Å². The summed E-state index contributed by atoms with van der Waals surface area (Å²) < 4.78 is 5.11. The summed E-state index contributed by atoms with van der Waals surface area (Å²) in [5.41, 5.74) is 0. The first-order chi connectivity index (χ1) is 5.24. The second-order valence-corrected chi connectivity index (χ2v) is 2.52. The van der Waals surface area contributed by atoms with E-state index in [0.717, 1.165) is 19.3 Å². The Hall–Kier alpha value is -0.530. The van der Waals surface area contributed by atoms with Gasteiger partial charge in [0.05, 0.1) is 0 Å². The number of hydrogen-bond donors (Lipinski definition) is 0. The van der Waals surface area contributed by atoms with Crippen LogP contribution >= 0.6 is 0 Å². The van der Waals surface area contributed by atoms with Gasteiger partial charge in [0.1, 0.15) is 6.10 Å². The lowest BCUT2D eigenvalue weighted by Crippen LogP contribution is -2.16. The van der Waals surface area contributed by atoms with Gasteiger partial charge in [-0.05, 0) is 19.3 Å². The molecule has 65 valence electrons. The highest BCUT2D eigenvalue weighted by atomic mass is 16.5. The van der Waals surface area contributed by atoms with Crippen LogP contribution in [0.5, 0.6) is 0 Å². The fraction of sp³-hybridized carbons (Fsp3) is 0.778. The van der Waals surface area contributed by atoms with Crippen LogP contribution in [0.25, 0.3) is 0 Å². The lowest BCUT2D eigenvalue weighted by atomic mass is 10.1. The van der Waals surface area contributed by atoms with Crippen LogP contribution in [0, 0.1) is 6.92 Å². The largest absolute Gasteiger partial charge is 0.462 e. The molecule has 1 unspecified atom stereocenters. The minimum atomic E-state index is -0.106. The molecule has 0 fully saturated rings. The molecule has 0 aromatic carbocycles. The first-order valence-electron chi connectivity index (χ1n) is 4.23. The van der Waals surface area contributed by atoms with Crippen LogP contribution in [-0.2, 0) is 9.53 Å². The lowest BCUT2D eigenvalue weighted by Gasteiger charge is -2.13. The van der Waals surface area contributed by atoms with Crippen LogP contribution in [-0.4, -0.2) is 12.1 Å². The predicted octanol–water partition coefficient (Wildman–Crippen LogP) is 2.33. The summed E-state index contributed by atoms with van der Waals surface area (Å²) in [6, 6.07) is 0. The van der Waals surface area contributed by atoms with Gasteiger partial charge in [-0.2, -0.15) is 0 Å². The Balaban J connectivity index is 3.58. The van der Waals surface area contributed by atoms with Crippen molar-refractivity contribution in [2.24, 2.45) is 0 Å². The zero-order chi connectivity index (χ0) is 8.69. The van der Waals surface area contributed by atoms with Gasteiger partial charge in [-0.1, -0.05) is 20.8 Å². The number of rotatable bonds is 5. The molecule has 1 radical (unpaired) electrons. The maximum absolute atomic E-state index is 10.8. The topological polar surface area (TPSA) is 26.3 Å². The van der Waals surface area contributed by atoms with Crippen molar-refractivity contribution in [3.63, 3.8) is 0 Å². The van der Waals surface area contributed by atoms with Crippen molar-refractivity contribution in [3.8, 4) is 0 Å². The van der Waals surface area contributed by atoms with Crippen LogP contribution in [0.1, 0.15) is 39.5 Å². The molecule has 0 amide bonds. The Bertz CT molecular complexity index is 110. The highest BCUT2D eigenvalue weighted by Gasteiger charge is 2.08. The Morgan fingerprint density at radius 3 is 2.55 bits per heavy atom. The summed E-state index contributed by atoms with van der Waals surface area (Å²) in [5.74, 6) is -0.106. The maximum Gasteiger partial charge on any atom is 0.305 e. The number of carbonyl (C=O) groups excluding carboxylic acids is 1. The van der Waals surface area contributed by atoms with Gasteiger partial charge >= 0.3 is 5.97 Å². The van der Waals surface area contributed by atoms with Gasteiger partial charge in [0.2, 0.25) is 0 Å². The third-order valence-electron chi connectivity index (χ3n) is 1.57. The van der Waals surface area contributed by atoms with Crippen molar-refractivity contribution in [2.45, 2.75) is 45.6 Å². The Morgan fingerprint density at radius 1 is 1.55 bits per heavy atom. The first-order valence-corrected chi connectivity index (χ1v) is 4.23. The third-order valence-corrected chi connectivity index (χ3v) is 1.57. The molecular weight excluding hydrogens is 140 g/mol. The maximum atomic E-state index is 10.8. The average molecular weight is 157 g/mol. The molecule has 11 heavy (non-hydrogen) atoms. The summed E-state index contributed by atoms with van der Waals surface area (Å²) in [6.45, 7) is 7.54. The Morgan fingerprint density at radius 2 is 2.18 bits per heavy atom. The molecule has 0 bridgehead atoms. The molecule has 0 aliphatic heterocycles. The fourth-order valence-corrected chi connectivity index (χ4v) is 0.843. The van der Waals surface area contributed by atoms with E-state index in [2.05, 4.69) is 6.92 Å². The highest BCUT2D eigenvalue weighted by molar-refractivity contribution is 5.69. The molecule has 0 saturated heterocycles. The van der Waals surface area contributed by atoms with E-state index in [1.165, 1.54) is 0 Å². The van der Waals surface area contributed by atoms with Crippen molar-refractivity contribution < 1.29 is 9.53 Å². The molecule has 0 aromatic rings. The first kappa shape index (κ1) is 10.5. The van der Waals surface area contributed by atoms with Crippen LogP contribution in [0.3, 0.4) is 0 Å². The van der Waals surface area contributed by atoms with Gasteiger partial charge in [0.15, 0.2) is 0 Å². The summed E-state index contributed by atoms with van der Waals surface area (Å²) in [4.78, 5) is 10.8. The quantitative estimate of drug-likeness (QED) is 0.572. The van der Waals surface area contributed by atoms with Crippen LogP contribution in [0.4, 0.5) is 0 Å². The fourth-order valence-electron chi connectivity index (χ4n) is 0.843. The predicted molar refractivity (Wildman–Crippen MR) is 45.1 cm³/mol. The van der Waals surface area contributed by atoms with Crippen LogP contribution in [0.2, 0.25) is 0 Å². The molecule has 0 heterocycles. The number of esters is 1. The van der Waals surface area contributed by atoms with E-state index in [1.807, 2.05) is 6.92 Å². The molecule has 0 aliphatic carbocycles. The van der Waals surface area contributed by atoms with E-state index in [-0.39, 0.29) is 12.1 Å². The van der Waals surface area contributed by atoms with Crippen LogP contribution in [0.15, 0.2) is 0 Å². The van der Waals surface area contributed by atoms with Gasteiger partial charge in [-0.15, -0.1) is 0 Å². The summed E-state index contributed by atoms with van der Waals surface area (Å²) in [6.07, 6.45) is 3.15. The molecule has 1 atom stereocenters. The Labute approximate surface area is 68.9 Å². The van der Waals surface area contributed by atoms with E-state index in [9.17, 15) is 4.79 Å². The SMILES string of the molecule is [CH2]CCC(CC)OC(=O)CC. The second kappa shape index (κ2) is 6.20. The molecule has 0 N–H and O–H groups in total. The summed E-state index contributed by atoms with van der Waals surface area (Å²) in [5, 5.41) is 0. The monoisotopic (exact) mass is 157 g/mol. The van der Waals surface area contributed by atoms with Crippen molar-refractivity contribution in [1.82, 2.24) is 0 Å². The molecular formula is C9H17O2. The number of hydrogen-bond acceptors (Lipinski definition) is 2. The van der Waals surface area contributed by atoms with Crippen molar-refractivity contribution in [1.29, 1.82) is 0 Å². The van der Waals surface area contributed by atoms with E-state index in [4.69, 9.17) is 4.74 Å². The molecule has 0 rings (SSSR count). The normalized spacial score (nSPS) is 12.6.